The van der Waals surface area contributed by atoms with E-state index >= 15 is 0 Å². The van der Waals surface area contributed by atoms with Crippen molar-refractivity contribution < 1.29 is 19.1 Å². The van der Waals surface area contributed by atoms with E-state index in [1.165, 1.54) is 7.11 Å². The molecule has 154 valence electrons. The first-order valence-corrected chi connectivity index (χ1v) is 9.94. The fourth-order valence-corrected chi connectivity index (χ4v) is 3.10. The van der Waals surface area contributed by atoms with Crippen molar-refractivity contribution in [3.63, 3.8) is 0 Å². The van der Waals surface area contributed by atoms with Gasteiger partial charge in [-0.05, 0) is 57.5 Å². The number of anilines is 2. The van der Waals surface area contributed by atoms with E-state index in [1.807, 2.05) is 6.07 Å². The molecule has 0 bridgehead atoms. The predicted octanol–water partition coefficient (Wildman–Crippen LogP) is 3.06. The zero-order valence-corrected chi connectivity index (χ0v) is 18.1. The number of benzene rings is 1. The summed E-state index contributed by atoms with van der Waals surface area (Å²) in [7, 11) is 1.53. The van der Waals surface area contributed by atoms with Crippen LogP contribution in [0.1, 0.15) is 32.8 Å². The largest absolute Gasteiger partial charge is 0.494 e. The number of amides is 1. The van der Waals surface area contributed by atoms with Gasteiger partial charge in [0.15, 0.2) is 5.11 Å². The number of hydrogen-bond acceptors (Lipinski definition) is 5. The van der Waals surface area contributed by atoms with Gasteiger partial charge in [0.05, 0.1) is 12.8 Å². The number of esters is 1. The summed E-state index contributed by atoms with van der Waals surface area (Å²) in [4.78, 5) is 25.0. The van der Waals surface area contributed by atoms with Crippen molar-refractivity contribution in [3.05, 3.63) is 17.7 Å². The molecule has 0 aromatic heterocycles. The number of methoxy groups -OCH3 is 1. The molecule has 1 aliphatic rings. The summed E-state index contributed by atoms with van der Waals surface area (Å²) in [5.74, 6) is -0.809. The molecule has 1 heterocycles. The average Bonchev–Trinajstić information content (AvgIpc) is 2.75. The highest BCUT2D eigenvalue weighted by Gasteiger charge is 2.33. The quantitative estimate of drug-likeness (QED) is 0.288. The van der Waals surface area contributed by atoms with E-state index in [0.29, 0.717) is 47.5 Å². The Balaban J connectivity index is 2.22. The second-order valence-electron chi connectivity index (χ2n) is 7.39. The van der Waals surface area contributed by atoms with Crippen LogP contribution in [0, 0.1) is 5.92 Å². The smallest absolute Gasteiger partial charge is 0.319 e. The second kappa shape index (κ2) is 9.43. The van der Waals surface area contributed by atoms with E-state index in [0.717, 1.165) is 5.56 Å². The third-order valence-corrected chi connectivity index (χ3v) is 4.46. The molecule has 1 aromatic carbocycles. The molecular formula is C19H26ClN3O4S. The molecule has 1 atom stereocenters. The number of carbonyl (C=O) groups is 2. The van der Waals surface area contributed by atoms with Gasteiger partial charge in [0.2, 0.25) is 5.91 Å². The molecule has 2 rings (SSSR count). The highest BCUT2D eigenvalue weighted by atomic mass is 35.5. The molecule has 1 aliphatic heterocycles. The molecule has 0 radical (unpaired) electrons. The van der Waals surface area contributed by atoms with Crippen LogP contribution in [-0.4, -0.2) is 42.1 Å². The van der Waals surface area contributed by atoms with Crippen molar-refractivity contribution in [2.24, 2.45) is 5.92 Å². The van der Waals surface area contributed by atoms with Crippen LogP contribution in [0.2, 0.25) is 0 Å². The van der Waals surface area contributed by atoms with E-state index in [-0.39, 0.29) is 5.91 Å². The van der Waals surface area contributed by atoms with Crippen LogP contribution < -0.4 is 20.7 Å². The number of alkyl halides is 1. The molecule has 1 aromatic rings. The Labute approximate surface area is 175 Å². The van der Waals surface area contributed by atoms with Gasteiger partial charge >= 0.3 is 5.97 Å². The number of carbonyl (C=O) groups excluding carboxylic acids is 2. The first-order chi connectivity index (χ1) is 13.1. The van der Waals surface area contributed by atoms with Crippen LogP contribution in [0.5, 0.6) is 5.75 Å². The van der Waals surface area contributed by atoms with Gasteiger partial charge in [-0.2, -0.15) is 0 Å². The summed E-state index contributed by atoms with van der Waals surface area (Å²) in [6.07, 6.45) is 0.882. The van der Waals surface area contributed by atoms with Crippen molar-refractivity contribution in [2.75, 3.05) is 30.2 Å². The van der Waals surface area contributed by atoms with Gasteiger partial charge in [-0.3, -0.25) is 9.59 Å². The number of fused-ring (bicyclic) bond motifs is 1. The van der Waals surface area contributed by atoms with E-state index in [4.69, 9.17) is 33.3 Å². The van der Waals surface area contributed by atoms with Crippen molar-refractivity contribution in [1.29, 1.82) is 0 Å². The maximum atomic E-state index is 12.6. The average molecular weight is 428 g/mol. The summed E-state index contributed by atoms with van der Waals surface area (Å²) in [5, 5.41) is 9.29. The standard InChI is InChI=1S/C19H26ClN3O4S/c1-19(2,3)27-17(25)12-6-5-11-9-14(23-18(28)21-8-7-20)15(26-4)10-13(11)22-16(12)24/h9-10,12H,5-8H2,1-4H3,(H,22,24)(H2,21,23,28). The fourth-order valence-electron chi connectivity index (χ4n) is 2.79. The third kappa shape index (κ3) is 5.97. The Morgan fingerprint density at radius 1 is 1.39 bits per heavy atom. The summed E-state index contributed by atoms with van der Waals surface area (Å²) in [6.45, 7) is 5.86. The number of aryl methyl sites for hydroxylation is 1. The monoisotopic (exact) mass is 427 g/mol. The van der Waals surface area contributed by atoms with Crippen molar-refractivity contribution >= 4 is 52.2 Å². The highest BCUT2D eigenvalue weighted by molar-refractivity contribution is 7.80. The molecule has 3 N–H and O–H groups in total. The molecule has 0 fully saturated rings. The number of hydrogen-bond donors (Lipinski definition) is 3. The summed E-state index contributed by atoms with van der Waals surface area (Å²) in [5.41, 5.74) is 1.50. The van der Waals surface area contributed by atoms with Crippen LogP contribution in [0.25, 0.3) is 0 Å². The van der Waals surface area contributed by atoms with Gasteiger partial charge in [0.25, 0.3) is 0 Å². The maximum Gasteiger partial charge on any atom is 0.319 e. The second-order valence-corrected chi connectivity index (χ2v) is 8.18. The Morgan fingerprint density at radius 2 is 2.11 bits per heavy atom. The molecule has 7 nitrogen and oxygen atoms in total. The third-order valence-electron chi connectivity index (χ3n) is 4.02. The Morgan fingerprint density at radius 3 is 2.71 bits per heavy atom. The van der Waals surface area contributed by atoms with Gasteiger partial charge in [-0.25, -0.2) is 0 Å². The number of rotatable bonds is 5. The van der Waals surface area contributed by atoms with Crippen molar-refractivity contribution in [3.8, 4) is 5.75 Å². The van der Waals surface area contributed by atoms with Crippen LogP contribution in [0.3, 0.4) is 0 Å². The van der Waals surface area contributed by atoms with Crippen LogP contribution >= 0.6 is 23.8 Å². The van der Waals surface area contributed by atoms with E-state index in [2.05, 4.69) is 16.0 Å². The molecule has 0 aliphatic carbocycles. The normalized spacial score (nSPS) is 16.3. The summed E-state index contributed by atoms with van der Waals surface area (Å²) >= 11 is 10.9. The van der Waals surface area contributed by atoms with Crippen molar-refractivity contribution in [1.82, 2.24) is 5.32 Å². The lowest BCUT2D eigenvalue weighted by Crippen LogP contribution is -2.35. The Hall–Kier alpha value is -2.06. The molecule has 0 saturated carbocycles. The molecule has 1 unspecified atom stereocenters. The minimum absolute atomic E-state index is 0.356. The maximum absolute atomic E-state index is 12.6. The molecule has 9 heteroatoms. The van der Waals surface area contributed by atoms with Crippen LogP contribution in [0.4, 0.5) is 11.4 Å². The SMILES string of the molecule is COc1cc2c(cc1NC(=S)NCCCl)CCC(C(=O)OC(C)(C)C)C(=O)N2. The Bertz CT molecular complexity index is 764. The molecule has 0 spiro atoms. The zero-order valence-electron chi connectivity index (χ0n) is 16.5. The van der Waals surface area contributed by atoms with Gasteiger partial charge in [0.1, 0.15) is 17.3 Å². The number of halogens is 1. The first kappa shape index (κ1) is 22.2. The lowest BCUT2D eigenvalue weighted by atomic mass is 9.99. The summed E-state index contributed by atoms with van der Waals surface area (Å²) in [6, 6.07) is 3.58. The molecular weight excluding hydrogens is 402 g/mol. The number of nitrogens with one attached hydrogen (secondary N) is 3. The number of thiocarbonyl (C=S) groups is 1. The minimum atomic E-state index is -0.861. The van der Waals surface area contributed by atoms with Gasteiger partial charge < -0.3 is 25.4 Å². The van der Waals surface area contributed by atoms with E-state index in [1.54, 1.807) is 26.8 Å². The fraction of sp³-hybridized carbons (Fsp3) is 0.526. The highest BCUT2D eigenvalue weighted by Crippen LogP contribution is 2.35. The molecule has 28 heavy (non-hydrogen) atoms. The zero-order chi connectivity index (χ0) is 20.9. The lowest BCUT2D eigenvalue weighted by Gasteiger charge is -2.22. The topological polar surface area (TPSA) is 88.7 Å². The lowest BCUT2D eigenvalue weighted by molar-refractivity contribution is -0.161. The van der Waals surface area contributed by atoms with Crippen LogP contribution in [-0.2, 0) is 20.7 Å². The van der Waals surface area contributed by atoms with Crippen LogP contribution in [0.15, 0.2) is 12.1 Å². The van der Waals surface area contributed by atoms with Gasteiger partial charge in [0, 0.05) is 24.2 Å². The van der Waals surface area contributed by atoms with E-state index < -0.39 is 17.5 Å². The first-order valence-electron chi connectivity index (χ1n) is 9.00. The molecule has 0 saturated heterocycles. The van der Waals surface area contributed by atoms with E-state index in [9.17, 15) is 9.59 Å². The Kier molecular flexibility index (Phi) is 7.48. The van der Waals surface area contributed by atoms with Gasteiger partial charge in [-0.15, -0.1) is 11.6 Å². The summed E-state index contributed by atoms with van der Waals surface area (Å²) < 4.78 is 10.8. The van der Waals surface area contributed by atoms with Gasteiger partial charge in [-0.1, -0.05) is 0 Å². The number of ether oxygens (including phenoxy) is 2. The van der Waals surface area contributed by atoms with Crippen molar-refractivity contribution in [2.45, 2.75) is 39.2 Å². The minimum Gasteiger partial charge on any atom is -0.494 e. The predicted molar refractivity (Wildman–Crippen MR) is 114 cm³/mol. The molecule has 1 amide bonds.